The van der Waals surface area contributed by atoms with Gasteiger partial charge >= 0.3 is 0 Å². The normalized spacial score (nSPS) is 10.6. The average Bonchev–Trinajstić information content (AvgIpc) is 2.69. The van der Waals surface area contributed by atoms with Crippen molar-refractivity contribution in [1.82, 2.24) is 9.78 Å². The van der Waals surface area contributed by atoms with Crippen LogP contribution in [0, 0.1) is 5.82 Å². The molecule has 2 aromatic rings. The summed E-state index contributed by atoms with van der Waals surface area (Å²) in [6.07, 6.45) is 0. The molecule has 0 amide bonds. The molecular weight excluding hydrogens is 317 g/mol. The predicted octanol–water partition coefficient (Wildman–Crippen LogP) is 2.59. The maximum Gasteiger partial charge on any atom is 0.172 e. The Kier molecular flexibility index (Phi) is 3.66. The highest BCUT2D eigenvalue weighted by Gasteiger charge is 2.21. The summed E-state index contributed by atoms with van der Waals surface area (Å²) in [4.78, 5) is 0. The molecule has 7 heteroatoms. The summed E-state index contributed by atoms with van der Waals surface area (Å²) in [5, 5.41) is 4.21. The van der Waals surface area contributed by atoms with Crippen molar-refractivity contribution in [2.45, 2.75) is 0 Å². The van der Waals surface area contributed by atoms with Crippen molar-refractivity contribution < 1.29 is 13.9 Å². The van der Waals surface area contributed by atoms with Gasteiger partial charge in [-0.05, 0) is 22.0 Å². The van der Waals surface area contributed by atoms with Gasteiger partial charge in [0.1, 0.15) is 16.0 Å². The lowest BCUT2D eigenvalue weighted by atomic mass is 10.1. The first kappa shape index (κ1) is 13.7. The largest absolute Gasteiger partial charge is 0.495 e. The molecule has 0 aliphatic heterocycles. The quantitative estimate of drug-likeness (QED) is 0.940. The van der Waals surface area contributed by atoms with E-state index in [-0.39, 0.29) is 5.75 Å². The molecule has 0 unspecified atom stereocenters. The topological polar surface area (TPSA) is 62.3 Å². The number of anilines is 1. The van der Waals surface area contributed by atoms with Crippen molar-refractivity contribution >= 4 is 21.7 Å². The molecular formula is C12H13BrFN3O2. The summed E-state index contributed by atoms with van der Waals surface area (Å²) >= 11 is 3.27. The van der Waals surface area contributed by atoms with Gasteiger partial charge < -0.3 is 15.2 Å². The highest BCUT2D eigenvalue weighted by Crippen LogP contribution is 2.43. The van der Waals surface area contributed by atoms with E-state index in [9.17, 15) is 4.39 Å². The van der Waals surface area contributed by atoms with Gasteiger partial charge in [-0.3, -0.25) is 4.68 Å². The van der Waals surface area contributed by atoms with E-state index in [2.05, 4.69) is 21.0 Å². The van der Waals surface area contributed by atoms with Crippen LogP contribution in [0.4, 0.5) is 10.2 Å². The van der Waals surface area contributed by atoms with E-state index in [0.717, 1.165) is 0 Å². The SMILES string of the molecule is COc1c(F)cc(-c2cc(N)n(C)n2)c(OC)c1Br. The molecule has 2 N–H and O–H groups in total. The number of nitrogens with zero attached hydrogens (tertiary/aromatic N) is 2. The number of nitrogens with two attached hydrogens (primary N) is 1. The molecule has 5 nitrogen and oxygen atoms in total. The van der Waals surface area contributed by atoms with E-state index < -0.39 is 5.82 Å². The highest BCUT2D eigenvalue weighted by molar-refractivity contribution is 9.10. The van der Waals surface area contributed by atoms with Crippen molar-refractivity contribution in [3.8, 4) is 22.8 Å². The van der Waals surface area contributed by atoms with E-state index in [1.54, 1.807) is 13.1 Å². The van der Waals surface area contributed by atoms with Crippen molar-refractivity contribution in [2.75, 3.05) is 20.0 Å². The summed E-state index contributed by atoms with van der Waals surface area (Å²) in [5.41, 5.74) is 6.76. The lowest BCUT2D eigenvalue weighted by Crippen LogP contribution is -1.98. The summed E-state index contributed by atoms with van der Waals surface area (Å²) in [6.45, 7) is 0. The van der Waals surface area contributed by atoms with Crippen molar-refractivity contribution in [1.29, 1.82) is 0 Å². The number of hydrogen-bond donors (Lipinski definition) is 1. The Labute approximate surface area is 118 Å². The number of methoxy groups -OCH3 is 2. The van der Waals surface area contributed by atoms with Gasteiger partial charge in [0, 0.05) is 18.7 Å². The Morgan fingerprint density at radius 2 is 1.89 bits per heavy atom. The Morgan fingerprint density at radius 3 is 2.37 bits per heavy atom. The van der Waals surface area contributed by atoms with Gasteiger partial charge in [-0.1, -0.05) is 0 Å². The van der Waals surface area contributed by atoms with Crippen molar-refractivity contribution in [3.63, 3.8) is 0 Å². The van der Waals surface area contributed by atoms with Crippen LogP contribution in [0.25, 0.3) is 11.3 Å². The Hall–Kier alpha value is -1.76. The molecule has 1 heterocycles. The number of rotatable bonds is 3. The molecule has 0 saturated carbocycles. The molecule has 2 rings (SSSR count). The smallest absolute Gasteiger partial charge is 0.172 e. The zero-order valence-electron chi connectivity index (χ0n) is 10.7. The number of aromatic nitrogens is 2. The predicted molar refractivity (Wildman–Crippen MR) is 73.8 cm³/mol. The Bertz CT molecular complexity index is 608. The molecule has 0 aliphatic rings. The molecule has 0 aliphatic carbocycles. The minimum absolute atomic E-state index is 0.0875. The molecule has 1 aromatic heterocycles. The lowest BCUT2D eigenvalue weighted by Gasteiger charge is -2.13. The summed E-state index contributed by atoms with van der Waals surface area (Å²) < 4.78 is 26.1. The van der Waals surface area contributed by atoms with Crippen LogP contribution in [0.5, 0.6) is 11.5 Å². The summed E-state index contributed by atoms with van der Waals surface area (Å²) in [6, 6.07) is 2.96. The fraction of sp³-hybridized carbons (Fsp3) is 0.250. The Morgan fingerprint density at radius 1 is 1.26 bits per heavy atom. The summed E-state index contributed by atoms with van der Waals surface area (Å²) in [7, 11) is 4.59. The Balaban J connectivity index is 2.69. The van der Waals surface area contributed by atoms with E-state index in [0.29, 0.717) is 27.3 Å². The molecule has 1 aromatic carbocycles. The lowest BCUT2D eigenvalue weighted by molar-refractivity contribution is 0.370. The standard InChI is InChI=1S/C12H13BrFN3O2/c1-17-9(15)5-8(16-17)6-4-7(14)12(19-3)10(13)11(6)18-2/h4-5H,15H2,1-3H3. The van der Waals surface area contributed by atoms with Crippen LogP contribution in [-0.4, -0.2) is 24.0 Å². The van der Waals surface area contributed by atoms with E-state index in [1.807, 2.05) is 0 Å². The molecule has 102 valence electrons. The maximum absolute atomic E-state index is 13.9. The maximum atomic E-state index is 13.9. The second-order valence-electron chi connectivity index (χ2n) is 3.86. The van der Waals surface area contributed by atoms with Gasteiger partial charge in [-0.2, -0.15) is 5.10 Å². The number of benzene rings is 1. The number of ether oxygens (including phenoxy) is 2. The number of nitrogen functional groups attached to an aromatic ring is 1. The summed E-state index contributed by atoms with van der Waals surface area (Å²) in [5.74, 6) is 0.500. The third-order valence-electron chi connectivity index (χ3n) is 2.73. The first-order valence-corrected chi connectivity index (χ1v) is 6.18. The molecule has 0 atom stereocenters. The number of halogens is 2. The first-order chi connectivity index (χ1) is 8.99. The van der Waals surface area contributed by atoms with Crippen molar-refractivity contribution in [2.24, 2.45) is 7.05 Å². The second kappa shape index (κ2) is 5.08. The van der Waals surface area contributed by atoms with Gasteiger partial charge in [-0.15, -0.1) is 0 Å². The number of aryl methyl sites for hydroxylation is 1. The van der Waals surface area contributed by atoms with E-state index >= 15 is 0 Å². The molecule has 19 heavy (non-hydrogen) atoms. The highest BCUT2D eigenvalue weighted by atomic mass is 79.9. The first-order valence-electron chi connectivity index (χ1n) is 5.39. The monoisotopic (exact) mass is 329 g/mol. The zero-order chi connectivity index (χ0) is 14.2. The second-order valence-corrected chi connectivity index (χ2v) is 4.66. The van der Waals surface area contributed by atoms with Crippen LogP contribution in [0.1, 0.15) is 0 Å². The fourth-order valence-corrected chi connectivity index (χ4v) is 2.50. The molecule has 0 bridgehead atoms. The fourth-order valence-electron chi connectivity index (χ4n) is 1.77. The van der Waals surface area contributed by atoms with Crippen molar-refractivity contribution in [3.05, 3.63) is 22.4 Å². The van der Waals surface area contributed by atoms with Crippen LogP contribution in [0.15, 0.2) is 16.6 Å². The van der Waals surface area contributed by atoms with Gasteiger partial charge in [-0.25, -0.2) is 4.39 Å². The third-order valence-corrected chi connectivity index (χ3v) is 3.45. The van der Waals surface area contributed by atoms with Crippen LogP contribution in [0.2, 0.25) is 0 Å². The average molecular weight is 330 g/mol. The van der Waals surface area contributed by atoms with Gasteiger partial charge in [0.05, 0.1) is 19.9 Å². The molecule has 0 radical (unpaired) electrons. The van der Waals surface area contributed by atoms with Crippen LogP contribution in [-0.2, 0) is 7.05 Å². The van der Waals surface area contributed by atoms with Gasteiger partial charge in [0.25, 0.3) is 0 Å². The van der Waals surface area contributed by atoms with E-state index in [1.165, 1.54) is 25.0 Å². The molecule has 0 fully saturated rings. The van der Waals surface area contributed by atoms with Crippen LogP contribution in [0.3, 0.4) is 0 Å². The zero-order valence-corrected chi connectivity index (χ0v) is 12.3. The van der Waals surface area contributed by atoms with Crippen LogP contribution < -0.4 is 15.2 Å². The molecule has 0 saturated heterocycles. The van der Waals surface area contributed by atoms with E-state index in [4.69, 9.17) is 15.2 Å². The minimum Gasteiger partial charge on any atom is -0.495 e. The van der Waals surface area contributed by atoms with Gasteiger partial charge in [0.15, 0.2) is 11.6 Å². The minimum atomic E-state index is -0.505. The number of hydrogen-bond acceptors (Lipinski definition) is 4. The van der Waals surface area contributed by atoms with Gasteiger partial charge in [0.2, 0.25) is 0 Å². The van der Waals surface area contributed by atoms with Crippen LogP contribution >= 0.6 is 15.9 Å². The third kappa shape index (κ3) is 2.25. The molecule has 0 spiro atoms.